The zero-order valence-corrected chi connectivity index (χ0v) is 11.6. The number of amides is 2. The average molecular weight is 303 g/mol. The lowest BCUT2D eigenvalue weighted by atomic mass is 10.3. The van der Waals surface area contributed by atoms with Gasteiger partial charge in [0.05, 0.1) is 15.7 Å². The summed E-state index contributed by atoms with van der Waals surface area (Å²) < 4.78 is 0. The maximum absolute atomic E-state index is 11.4. The van der Waals surface area contributed by atoms with Gasteiger partial charge in [0.25, 0.3) is 5.91 Å². The molecule has 0 unspecified atom stereocenters. The Kier molecular flexibility index (Phi) is 5.59. The maximum atomic E-state index is 11.4. The van der Waals surface area contributed by atoms with Gasteiger partial charge in [0.1, 0.15) is 0 Å². The summed E-state index contributed by atoms with van der Waals surface area (Å²) in [7, 11) is 3.02. The Bertz CT molecular complexity index is 498. The maximum Gasteiger partial charge on any atom is 0.437 e. The highest BCUT2D eigenvalue weighted by Gasteiger charge is 2.10. The Morgan fingerprint density at radius 2 is 1.89 bits per heavy atom. The van der Waals surface area contributed by atoms with E-state index in [1.165, 1.54) is 19.0 Å². The molecule has 1 N–H and O–H groups in total. The molecule has 0 atom stereocenters. The number of carbonyl (C=O) groups excluding carboxylic acids is 2. The Labute approximate surface area is 119 Å². The predicted octanol–water partition coefficient (Wildman–Crippen LogP) is 2.49. The van der Waals surface area contributed by atoms with Crippen LogP contribution in [0.3, 0.4) is 0 Å². The van der Waals surface area contributed by atoms with E-state index >= 15 is 0 Å². The highest BCUT2D eigenvalue weighted by molar-refractivity contribution is 6.39. The van der Waals surface area contributed by atoms with Crippen LogP contribution in [0, 0.1) is 0 Å². The standard InChI is InChI=1S/C11H10Cl2N3O3/c1-16(2)9(17)6-14-19-11(18)15-10-7(12)4-3-5-8(10)13/h3-5H,1-2H3,(H,15,18). The second kappa shape index (κ2) is 6.96. The Hall–Kier alpha value is -1.79. The molecule has 1 aromatic rings. The minimum atomic E-state index is -0.936. The molecule has 0 aromatic heterocycles. The number of rotatable bonds is 3. The first kappa shape index (κ1) is 15.3. The van der Waals surface area contributed by atoms with Gasteiger partial charge in [-0.15, -0.1) is 0 Å². The van der Waals surface area contributed by atoms with Gasteiger partial charge >= 0.3 is 6.09 Å². The summed E-state index contributed by atoms with van der Waals surface area (Å²) in [5.41, 5.74) is 0.199. The zero-order valence-electron chi connectivity index (χ0n) is 10.1. The highest BCUT2D eigenvalue weighted by Crippen LogP contribution is 2.29. The molecule has 1 aromatic carbocycles. The molecule has 101 valence electrons. The summed E-state index contributed by atoms with van der Waals surface area (Å²) in [4.78, 5) is 28.0. The first-order valence-corrected chi connectivity index (χ1v) is 5.76. The molecule has 0 aliphatic heterocycles. The third-order valence-electron chi connectivity index (χ3n) is 1.87. The van der Waals surface area contributed by atoms with Crippen molar-refractivity contribution in [1.82, 2.24) is 4.90 Å². The molecule has 2 amide bonds. The molecule has 0 aliphatic rings. The Morgan fingerprint density at radius 1 is 1.32 bits per heavy atom. The number of para-hydroxylation sites is 1. The van der Waals surface area contributed by atoms with Gasteiger partial charge in [-0.25, -0.2) is 4.79 Å². The fourth-order valence-electron chi connectivity index (χ4n) is 0.945. The van der Waals surface area contributed by atoms with E-state index in [0.717, 1.165) is 0 Å². The monoisotopic (exact) mass is 302 g/mol. The molecule has 1 radical (unpaired) electrons. The molecule has 0 spiro atoms. The summed E-state index contributed by atoms with van der Waals surface area (Å²) in [5, 5.41) is 5.91. The van der Waals surface area contributed by atoms with Gasteiger partial charge in [0.2, 0.25) is 6.21 Å². The number of carbonyl (C=O) groups is 2. The van der Waals surface area contributed by atoms with Crippen LogP contribution < -0.4 is 5.32 Å². The van der Waals surface area contributed by atoms with E-state index in [4.69, 9.17) is 23.2 Å². The van der Waals surface area contributed by atoms with Gasteiger partial charge in [-0.05, 0) is 12.1 Å². The molecule has 0 bridgehead atoms. The van der Waals surface area contributed by atoms with Crippen molar-refractivity contribution in [2.75, 3.05) is 19.4 Å². The van der Waals surface area contributed by atoms with Crippen molar-refractivity contribution in [3.63, 3.8) is 0 Å². The summed E-state index contributed by atoms with van der Waals surface area (Å²) in [5.74, 6) is -0.538. The second-order valence-electron chi connectivity index (χ2n) is 3.50. The molecule has 0 aliphatic carbocycles. The molecular formula is C11H10Cl2N3O3. The first-order valence-electron chi connectivity index (χ1n) is 5.01. The number of nitrogens with one attached hydrogen (secondary N) is 1. The van der Waals surface area contributed by atoms with Crippen molar-refractivity contribution in [2.45, 2.75) is 0 Å². The Balaban J connectivity index is 2.59. The van der Waals surface area contributed by atoms with E-state index in [2.05, 4.69) is 15.3 Å². The Morgan fingerprint density at radius 3 is 2.42 bits per heavy atom. The van der Waals surface area contributed by atoms with Crippen molar-refractivity contribution in [2.24, 2.45) is 5.16 Å². The molecule has 19 heavy (non-hydrogen) atoms. The SMILES string of the molecule is CN(C)C(=O)[C]=NOC(=O)Nc1c(Cl)cccc1Cl. The van der Waals surface area contributed by atoms with Crippen LogP contribution in [0.25, 0.3) is 0 Å². The van der Waals surface area contributed by atoms with Crippen molar-refractivity contribution in [3.05, 3.63) is 28.2 Å². The van der Waals surface area contributed by atoms with Gasteiger partial charge in [0.15, 0.2) is 0 Å². The third kappa shape index (κ3) is 4.76. The lowest BCUT2D eigenvalue weighted by Gasteiger charge is -2.07. The molecular weight excluding hydrogens is 293 g/mol. The zero-order chi connectivity index (χ0) is 14.4. The number of benzene rings is 1. The summed E-state index contributed by atoms with van der Waals surface area (Å²) in [6.45, 7) is 0. The van der Waals surface area contributed by atoms with Crippen LogP contribution in [-0.4, -0.2) is 37.2 Å². The summed E-state index contributed by atoms with van der Waals surface area (Å²) in [6.07, 6.45) is 1.05. The number of hydrogen-bond donors (Lipinski definition) is 1. The molecule has 1 rings (SSSR count). The van der Waals surface area contributed by atoms with E-state index in [9.17, 15) is 9.59 Å². The average Bonchev–Trinajstić information content (AvgIpc) is 2.33. The quantitative estimate of drug-likeness (QED) is 0.530. The smallest absolute Gasteiger partial charge is 0.343 e. The van der Waals surface area contributed by atoms with Crippen LogP contribution in [0.1, 0.15) is 0 Å². The van der Waals surface area contributed by atoms with Gasteiger partial charge in [-0.2, -0.15) is 0 Å². The van der Waals surface area contributed by atoms with Crippen molar-refractivity contribution in [1.29, 1.82) is 0 Å². The van der Waals surface area contributed by atoms with Crippen LogP contribution in [0.2, 0.25) is 10.0 Å². The summed E-state index contributed by atoms with van der Waals surface area (Å²) in [6, 6.07) is 4.73. The molecule has 8 heteroatoms. The summed E-state index contributed by atoms with van der Waals surface area (Å²) >= 11 is 11.7. The van der Waals surface area contributed by atoms with E-state index in [1.54, 1.807) is 18.2 Å². The predicted molar refractivity (Wildman–Crippen MR) is 72.7 cm³/mol. The van der Waals surface area contributed by atoms with Crippen LogP contribution in [0.4, 0.5) is 10.5 Å². The third-order valence-corrected chi connectivity index (χ3v) is 2.50. The van der Waals surface area contributed by atoms with Gasteiger partial charge in [0, 0.05) is 14.1 Å². The topological polar surface area (TPSA) is 71.0 Å². The van der Waals surface area contributed by atoms with E-state index in [-0.39, 0.29) is 15.7 Å². The number of halogens is 2. The van der Waals surface area contributed by atoms with E-state index < -0.39 is 12.0 Å². The number of hydrogen-bond acceptors (Lipinski definition) is 4. The fraction of sp³-hybridized carbons (Fsp3) is 0.182. The van der Waals surface area contributed by atoms with Crippen LogP contribution in [-0.2, 0) is 9.63 Å². The van der Waals surface area contributed by atoms with Crippen molar-refractivity contribution >= 4 is 47.1 Å². The normalized spacial score (nSPS) is 10.3. The van der Waals surface area contributed by atoms with Crippen molar-refractivity contribution in [3.8, 4) is 0 Å². The highest BCUT2D eigenvalue weighted by atomic mass is 35.5. The lowest BCUT2D eigenvalue weighted by Crippen LogP contribution is -2.23. The van der Waals surface area contributed by atoms with Crippen molar-refractivity contribution < 1.29 is 14.4 Å². The lowest BCUT2D eigenvalue weighted by molar-refractivity contribution is -0.121. The largest absolute Gasteiger partial charge is 0.437 e. The fourth-order valence-corrected chi connectivity index (χ4v) is 1.44. The second-order valence-corrected chi connectivity index (χ2v) is 4.32. The van der Waals surface area contributed by atoms with Crippen LogP contribution in [0.5, 0.6) is 0 Å². The number of anilines is 1. The molecule has 6 nitrogen and oxygen atoms in total. The van der Waals surface area contributed by atoms with Gasteiger partial charge in [-0.3, -0.25) is 14.9 Å². The molecule has 0 saturated heterocycles. The minimum absolute atomic E-state index is 0.199. The van der Waals surface area contributed by atoms with E-state index in [0.29, 0.717) is 0 Å². The van der Waals surface area contributed by atoms with Gasteiger partial charge in [-0.1, -0.05) is 34.4 Å². The number of nitrogens with zero attached hydrogens (tertiary/aromatic N) is 2. The molecule has 0 heterocycles. The van der Waals surface area contributed by atoms with Gasteiger partial charge < -0.3 is 4.90 Å². The first-order chi connectivity index (χ1) is 8.91. The van der Waals surface area contributed by atoms with Crippen LogP contribution >= 0.6 is 23.2 Å². The minimum Gasteiger partial charge on any atom is -0.343 e. The van der Waals surface area contributed by atoms with Crippen LogP contribution in [0.15, 0.2) is 23.4 Å². The van der Waals surface area contributed by atoms with E-state index in [1.807, 2.05) is 6.21 Å². The molecule has 0 saturated carbocycles. The molecule has 0 fully saturated rings.